The number of fused-ring (bicyclic) bond motifs is 14. The van der Waals surface area contributed by atoms with Crippen molar-refractivity contribution in [1.82, 2.24) is 4.40 Å². The van der Waals surface area contributed by atoms with Crippen molar-refractivity contribution in [3.05, 3.63) is 114 Å². The normalized spacial score (nSPS) is 12.4. The Morgan fingerprint density at radius 2 is 1.10 bits per heavy atom. The van der Waals surface area contributed by atoms with Crippen LogP contribution in [0.3, 0.4) is 0 Å². The molecule has 0 saturated carbocycles. The van der Waals surface area contributed by atoms with Gasteiger partial charge in [0.2, 0.25) is 0 Å². The first kappa shape index (κ1) is 22.0. The van der Waals surface area contributed by atoms with Crippen LogP contribution in [0.25, 0.3) is 93.1 Å². The van der Waals surface area contributed by atoms with Crippen molar-refractivity contribution >= 4 is 82.0 Å². The number of hydrogen-bond acceptors (Lipinski definition) is 3. The van der Waals surface area contributed by atoms with Gasteiger partial charge in [0.25, 0.3) is 0 Å². The Kier molecular flexibility index (Phi) is 3.91. The lowest BCUT2D eigenvalue weighted by atomic mass is 9.95. The maximum Gasteiger partial charge on any atom is 0.160 e. The predicted octanol–water partition coefficient (Wildman–Crippen LogP) is 10.5. The lowest BCUT2D eigenvalue weighted by molar-refractivity contribution is 0.670. The van der Waals surface area contributed by atoms with Gasteiger partial charge in [-0.25, -0.2) is 0 Å². The standard InChI is InChI=1S/C38H20N2O2/c1-20-10-11-21(19-39)16-29(20)22-17-30-25-12-14-27-23-6-2-4-8-32(23)41-37(27)35(25)40-34(30)31(18-22)26-13-15-28-24-7-3-5-9-33(24)42-38(28)36(26)40/h2-18H,1H3. The van der Waals surface area contributed by atoms with E-state index in [2.05, 4.69) is 78.1 Å². The molecule has 194 valence electrons. The fourth-order valence-corrected chi connectivity index (χ4v) is 7.21. The van der Waals surface area contributed by atoms with E-state index in [0.29, 0.717) is 5.56 Å². The Bertz CT molecular complexity index is 2660. The van der Waals surface area contributed by atoms with Gasteiger partial charge in [-0.3, -0.25) is 0 Å². The number of aromatic nitrogens is 1. The largest absolute Gasteiger partial charge is 0.454 e. The van der Waals surface area contributed by atoms with Crippen LogP contribution in [0.15, 0.2) is 112 Å². The smallest absolute Gasteiger partial charge is 0.160 e. The summed E-state index contributed by atoms with van der Waals surface area (Å²) in [6, 6.07) is 38.1. The molecule has 0 aliphatic rings. The molecule has 4 aromatic heterocycles. The van der Waals surface area contributed by atoms with Gasteiger partial charge in [-0.2, -0.15) is 5.26 Å². The maximum absolute atomic E-state index is 9.67. The molecule has 6 aromatic carbocycles. The molecule has 4 nitrogen and oxygen atoms in total. The lowest BCUT2D eigenvalue weighted by Gasteiger charge is -2.08. The Morgan fingerprint density at radius 1 is 0.548 bits per heavy atom. The van der Waals surface area contributed by atoms with Gasteiger partial charge < -0.3 is 13.2 Å². The van der Waals surface area contributed by atoms with E-state index in [4.69, 9.17) is 8.83 Å². The van der Waals surface area contributed by atoms with Gasteiger partial charge in [0.15, 0.2) is 11.2 Å². The molecule has 42 heavy (non-hydrogen) atoms. The van der Waals surface area contributed by atoms with Crippen molar-refractivity contribution in [2.75, 3.05) is 0 Å². The second-order valence-corrected chi connectivity index (χ2v) is 11.3. The number of rotatable bonds is 1. The number of hydrogen-bond donors (Lipinski definition) is 0. The molecule has 4 heteroatoms. The van der Waals surface area contributed by atoms with Crippen LogP contribution in [0, 0.1) is 18.3 Å². The predicted molar refractivity (Wildman–Crippen MR) is 171 cm³/mol. The summed E-state index contributed by atoms with van der Waals surface area (Å²) in [6.07, 6.45) is 0. The van der Waals surface area contributed by atoms with E-state index in [9.17, 15) is 5.26 Å². The summed E-state index contributed by atoms with van der Waals surface area (Å²) < 4.78 is 15.6. The summed E-state index contributed by atoms with van der Waals surface area (Å²) in [5.41, 5.74) is 10.7. The number of para-hydroxylation sites is 2. The van der Waals surface area contributed by atoms with Crippen molar-refractivity contribution in [1.29, 1.82) is 5.26 Å². The third-order valence-electron chi connectivity index (χ3n) is 9.08. The second-order valence-electron chi connectivity index (χ2n) is 11.3. The first-order chi connectivity index (χ1) is 20.7. The van der Waals surface area contributed by atoms with Gasteiger partial charge in [0.1, 0.15) is 11.2 Å². The number of nitrogens with zero attached hydrogens (tertiary/aromatic N) is 2. The molecule has 0 radical (unpaired) electrons. The molecule has 0 saturated heterocycles. The molecule has 0 amide bonds. The molecule has 0 bridgehead atoms. The highest BCUT2D eigenvalue weighted by molar-refractivity contribution is 6.31. The molecule has 0 aliphatic carbocycles. The van der Waals surface area contributed by atoms with Gasteiger partial charge in [-0.15, -0.1) is 0 Å². The minimum atomic E-state index is 0.655. The van der Waals surface area contributed by atoms with Gasteiger partial charge in [-0.05, 0) is 72.1 Å². The highest BCUT2D eigenvalue weighted by atomic mass is 16.3. The molecule has 0 aliphatic heterocycles. The molecule has 0 atom stereocenters. The third kappa shape index (κ3) is 2.57. The van der Waals surface area contributed by atoms with Crippen LogP contribution >= 0.6 is 0 Å². The number of nitriles is 1. The molecule has 0 unspecified atom stereocenters. The minimum Gasteiger partial charge on any atom is -0.454 e. The second kappa shape index (κ2) is 7.48. The summed E-state index contributed by atoms with van der Waals surface area (Å²) in [5, 5.41) is 18.7. The topological polar surface area (TPSA) is 54.5 Å². The first-order valence-electron chi connectivity index (χ1n) is 14.1. The minimum absolute atomic E-state index is 0.655. The van der Waals surface area contributed by atoms with Crippen LogP contribution in [0.2, 0.25) is 0 Å². The van der Waals surface area contributed by atoms with Gasteiger partial charge in [0, 0.05) is 43.1 Å². The maximum atomic E-state index is 9.67. The Hall–Kier alpha value is -5.79. The monoisotopic (exact) mass is 536 g/mol. The Balaban J connectivity index is 1.49. The van der Waals surface area contributed by atoms with Crippen molar-refractivity contribution in [3.8, 4) is 17.2 Å². The zero-order valence-electron chi connectivity index (χ0n) is 22.5. The molecule has 0 N–H and O–H groups in total. The van der Waals surface area contributed by atoms with E-state index in [-0.39, 0.29) is 0 Å². The zero-order valence-corrected chi connectivity index (χ0v) is 22.5. The van der Waals surface area contributed by atoms with Crippen LogP contribution < -0.4 is 0 Å². The number of aryl methyl sites for hydroxylation is 1. The third-order valence-corrected chi connectivity index (χ3v) is 9.08. The van der Waals surface area contributed by atoms with E-state index in [1.807, 2.05) is 42.5 Å². The zero-order chi connectivity index (χ0) is 27.7. The fraction of sp³-hybridized carbons (Fsp3) is 0.0263. The highest BCUT2D eigenvalue weighted by Gasteiger charge is 2.25. The molecule has 10 rings (SSSR count). The quantitative estimate of drug-likeness (QED) is 0.210. The van der Waals surface area contributed by atoms with Crippen molar-refractivity contribution in [3.63, 3.8) is 0 Å². The number of furan rings is 2. The fourth-order valence-electron chi connectivity index (χ4n) is 7.21. The summed E-state index contributed by atoms with van der Waals surface area (Å²) >= 11 is 0. The van der Waals surface area contributed by atoms with Crippen LogP contribution in [0.5, 0.6) is 0 Å². The van der Waals surface area contributed by atoms with Crippen molar-refractivity contribution in [2.24, 2.45) is 0 Å². The molecular weight excluding hydrogens is 516 g/mol. The SMILES string of the molecule is Cc1ccc(C#N)cc1-c1cc2c3ccc4c5ccccc5oc4c3n3c2c(c1)c1ccc2c4ccccc4oc2c13. The van der Waals surface area contributed by atoms with E-state index in [1.165, 1.54) is 0 Å². The van der Waals surface area contributed by atoms with Crippen LogP contribution in [0.1, 0.15) is 11.1 Å². The van der Waals surface area contributed by atoms with Crippen molar-refractivity contribution in [2.45, 2.75) is 6.92 Å². The lowest BCUT2D eigenvalue weighted by Crippen LogP contribution is -1.86. The molecular formula is C38H20N2O2. The van der Waals surface area contributed by atoms with E-state index in [0.717, 1.165) is 98.7 Å². The summed E-state index contributed by atoms with van der Waals surface area (Å²) in [5.74, 6) is 0. The molecule has 0 fully saturated rings. The van der Waals surface area contributed by atoms with Crippen LogP contribution in [-0.2, 0) is 0 Å². The van der Waals surface area contributed by atoms with E-state index in [1.54, 1.807) is 0 Å². The van der Waals surface area contributed by atoms with Crippen LogP contribution in [-0.4, -0.2) is 4.40 Å². The van der Waals surface area contributed by atoms with Gasteiger partial charge in [0.05, 0.1) is 28.2 Å². The average molecular weight is 537 g/mol. The summed E-state index contributed by atoms with van der Waals surface area (Å²) in [4.78, 5) is 0. The first-order valence-corrected chi connectivity index (χ1v) is 14.1. The van der Waals surface area contributed by atoms with Gasteiger partial charge in [-0.1, -0.05) is 54.6 Å². The number of benzene rings is 6. The van der Waals surface area contributed by atoms with Crippen LogP contribution in [0.4, 0.5) is 0 Å². The van der Waals surface area contributed by atoms with E-state index < -0.39 is 0 Å². The summed E-state index contributed by atoms with van der Waals surface area (Å²) in [6.45, 7) is 2.10. The van der Waals surface area contributed by atoms with Gasteiger partial charge >= 0.3 is 0 Å². The summed E-state index contributed by atoms with van der Waals surface area (Å²) in [7, 11) is 0. The highest BCUT2D eigenvalue weighted by Crippen LogP contribution is 2.47. The molecule has 10 aromatic rings. The Morgan fingerprint density at radius 3 is 1.67 bits per heavy atom. The van der Waals surface area contributed by atoms with E-state index >= 15 is 0 Å². The molecule has 0 spiro atoms. The Labute approximate surface area is 238 Å². The van der Waals surface area contributed by atoms with Crippen molar-refractivity contribution < 1.29 is 8.83 Å². The average Bonchev–Trinajstić information content (AvgIpc) is 3.77. The molecule has 4 heterocycles.